The average Bonchev–Trinajstić information content (AvgIpc) is 3.13. The van der Waals surface area contributed by atoms with E-state index in [1.54, 1.807) is 0 Å². The van der Waals surface area contributed by atoms with Gasteiger partial charge in [0.25, 0.3) is 0 Å². The van der Waals surface area contributed by atoms with Gasteiger partial charge in [0, 0.05) is 10.2 Å². The summed E-state index contributed by atoms with van der Waals surface area (Å²) in [5, 5.41) is 14.9. The van der Waals surface area contributed by atoms with Crippen molar-refractivity contribution in [2.24, 2.45) is 10.9 Å². The molecule has 0 unspecified atom stereocenters. The molecule has 0 bridgehead atoms. The molecule has 0 aromatic carbocycles. The Morgan fingerprint density at radius 1 is 1.39 bits per heavy atom. The number of rotatable bonds is 4. The highest BCUT2D eigenvalue weighted by Crippen LogP contribution is 2.30. The van der Waals surface area contributed by atoms with Crippen LogP contribution in [-0.2, 0) is 0 Å². The molecule has 0 spiro atoms. The van der Waals surface area contributed by atoms with Crippen molar-refractivity contribution in [3.8, 4) is 0 Å². The highest BCUT2D eigenvalue weighted by Gasteiger charge is 2.22. The topological polar surface area (TPSA) is 47.5 Å². The highest BCUT2D eigenvalue weighted by molar-refractivity contribution is 9.11. The van der Waals surface area contributed by atoms with Crippen LogP contribution in [0.25, 0.3) is 0 Å². The van der Waals surface area contributed by atoms with Crippen molar-refractivity contribution in [2.45, 2.75) is 39.5 Å². The maximum atomic E-state index is 11.7. The summed E-state index contributed by atoms with van der Waals surface area (Å²) in [5.74, 6) is 0.821. The smallest absolute Gasteiger partial charge is 0.130 e. The predicted octanol–water partition coefficient (Wildman–Crippen LogP) is 2.95. The molecule has 0 aromatic rings. The first-order chi connectivity index (χ1) is 8.63. The molecule has 0 amide bonds. The lowest BCUT2D eigenvalue weighted by Crippen LogP contribution is -2.23. The number of aliphatic imine (C=N–C) groups is 1. The third-order valence-corrected chi connectivity index (χ3v) is 3.67. The van der Waals surface area contributed by atoms with Crippen molar-refractivity contribution in [3.63, 3.8) is 0 Å². The Hall–Kier alpha value is -1.03. The van der Waals surface area contributed by atoms with Gasteiger partial charge in [0.05, 0.1) is 0 Å². The van der Waals surface area contributed by atoms with Crippen LogP contribution < -0.4 is 10.4 Å². The first-order valence-electron chi connectivity index (χ1n) is 6.47. The summed E-state index contributed by atoms with van der Waals surface area (Å²) >= 11 is 3.48. The minimum Gasteiger partial charge on any atom is -0.861 e. The van der Waals surface area contributed by atoms with E-state index in [-0.39, 0.29) is 11.8 Å². The second-order valence-electron chi connectivity index (χ2n) is 4.63. The molecule has 1 saturated carbocycles. The zero-order chi connectivity index (χ0) is 13.1. The van der Waals surface area contributed by atoms with Gasteiger partial charge in [0.2, 0.25) is 0 Å². The fourth-order valence-electron chi connectivity index (χ4n) is 1.94. The van der Waals surface area contributed by atoms with E-state index >= 15 is 0 Å². The van der Waals surface area contributed by atoms with E-state index < -0.39 is 0 Å². The summed E-state index contributed by atoms with van der Waals surface area (Å²) in [7, 11) is 0. The van der Waals surface area contributed by atoms with Crippen LogP contribution in [0, 0.1) is 5.92 Å². The second kappa shape index (κ2) is 5.74. The second-order valence-corrected chi connectivity index (χ2v) is 5.55. The van der Waals surface area contributed by atoms with E-state index in [0.29, 0.717) is 5.82 Å². The van der Waals surface area contributed by atoms with Gasteiger partial charge in [-0.1, -0.05) is 29.8 Å². The van der Waals surface area contributed by atoms with Crippen molar-refractivity contribution in [2.75, 3.05) is 0 Å². The monoisotopic (exact) mass is 309 g/mol. The molecule has 1 fully saturated rings. The van der Waals surface area contributed by atoms with E-state index in [2.05, 4.69) is 40.1 Å². The third-order valence-electron chi connectivity index (χ3n) is 3.21. The highest BCUT2D eigenvalue weighted by atomic mass is 79.9. The van der Waals surface area contributed by atoms with Crippen LogP contribution in [0.2, 0.25) is 0 Å². The molecule has 1 heterocycles. The van der Waals surface area contributed by atoms with Gasteiger partial charge in [0.15, 0.2) is 0 Å². The third kappa shape index (κ3) is 3.25. The Morgan fingerprint density at radius 2 is 2.06 bits per heavy atom. The maximum absolute atomic E-state index is 11.7. The number of nitrogens with one attached hydrogen (secondary N) is 1. The molecular formula is C14H18BrN2O-. The van der Waals surface area contributed by atoms with Gasteiger partial charge in [-0.05, 0) is 55.2 Å². The molecule has 2 rings (SSSR count). The molecule has 3 nitrogen and oxygen atoms in total. The molecule has 1 aliphatic carbocycles. The number of hydrogen-bond acceptors (Lipinski definition) is 3. The van der Waals surface area contributed by atoms with Crippen LogP contribution in [0.5, 0.6) is 0 Å². The first-order valence-corrected chi connectivity index (χ1v) is 7.26. The SMILES string of the molecule is CCC(CC)=C1C=C(Br)C=C(N=C([O-])C2CC2)N1. The van der Waals surface area contributed by atoms with Crippen LogP contribution in [0.4, 0.5) is 0 Å². The molecule has 4 heteroatoms. The van der Waals surface area contributed by atoms with Gasteiger partial charge in [-0.25, -0.2) is 0 Å². The minimum atomic E-state index is 0.00449. The summed E-state index contributed by atoms with van der Waals surface area (Å²) in [6.07, 6.45) is 7.88. The fourth-order valence-corrected chi connectivity index (χ4v) is 2.39. The van der Waals surface area contributed by atoms with Crippen molar-refractivity contribution < 1.29 is 5.11 Å². The van der Waals surface area contributed by atoms with Gasteiger partial charge in [-0.2, -0.15) is 0 Å². The van der Waals surface area contributed by atoms with Gasteiger partial charge in [-0.3, -0.25) is 4.99 Å². The molecule has 0 radical (unpaired) electrons. The number of dihydropyridines is 1. The Labute approximate surface area is 117 Å². The number of nitrogens with zero attached hydrogens (tertiary/aromatic N) is 1. The van der Waals surface area contributed by atoms with Crippen LogP contribution in [0.1, 0.15) is 39.5 Å². The number of allylic oxidation sites excluding steroid dienone is 4. The van der Waals surface area contributed by atoms with E-state index in [1.807, 2.05) is 12.2 Å². The molecule has 0 atom stereocenters. The summed E-state index contributed by atoms with van der Waals surface area (Å²) in [6, 6.07) is 0. The Balaban J connectivity index is 2.21. The molecule has 18 heavy (non-hydrogen) atoms. The lowest BCUT2D eigenvalue weighted by atomic mass is 10.1. The Kier molecular flexibility index (Phi) is 4.27. The van der Waals surface area contributed by atoms with E-state index in [1.165, 1.54) is 5.57 Å². The number of hydrogen-bond donors (Lipinski definition) is 1. The zero-order valence-electron chi connectivity index (χ0n) is 10.8. The van der Waals surface area contributed by atoms with Crippen molar-refractivity contribution >= 4 is 21.8 Å². The van der Waals surface area contributed by atoms with Gasteiger partial charge in [-0.15, -0.1) is 0 Å². The lowest BCUT2D eigenvalue weighted by Gasteiger charge is -2.19. The minimum absolute atomic E-state index is 0.00449. The Morgan fingerprint density at radius 3 is 2.61 bits per heavy atom. The first kappa shape index (κ1) is 13.4. The molecular weight excluding hydrogens is 292 g/mol. The summed E-state index contributed by atoms with van der Waals surface area (Å²) in [6.45, 7) is 4.28. The number of halogens is 1. The van der Waals surface area contributed by atoms with Crippen LogP contribution >= 0.6 is 15.9 Å². The van der Waals surface area contributed by atoms with Crippen molar-refractivity contribution in [1.29, 1.82) is 0 Å². The summed E-state index contributed by atoms with van der Waals surface area (Å²) in [4.78, 5) is 4.16. The van der Waals surface area contributed by atoms with Gasteiger partial charge < -0.3 is 10.4 Å². The molecule has 98 valence electrons. The quantitative estimate of drug-likeness (QED) is 0.641. The fraction of sp³-hybridized carbons (Fsp3) is 0.500. The largest absolute Gasteiger partial charge is 0.861 e. The summed E-state index contributed by atoms with van der Waals surface area (Å²) < 4.78 is 0.956. The van der Waals surface area contributed by atoms with E-state index in [9.17, 15) is 5.11 Å². The zero-order valence-corrected chi connectivity index (χ0v) is 12.4. The van der Waals surface area contributed by atoms with Crippen LogP contribution in [0.3, 0.4) is 0 Å². The predicted molar refractivity (Wildman–Crippen MR) is 76.0 cm³/mol. The molecule has 2 aliphatic rings. The maximum Gasteiger partial charge on any atom is 0.130 e. The summed E-state index contributed by atoms with van der Waals surface area (Å²) in [5.41, 5.74) is 2.41. The molecule has 0 saturated heterocycles. The van der Waals surface area contributed by atoms with Crippen LogP contribution in [0.15, 0.2) is 38.7 Å². The standard InChI is InChI=1S/C14H19BrN2O/c1-3-9(4-2)12-7-11(15)8-13(16-12)17-14(18)10-5-6-10/h7-8,10,16H,3-6H2,1-2H3,(H,17,18)/p-1. The molecule has 0 aromatic heterocycles. The van der Waals surface area contributed by atoms with Crippen molar-refractivity contribution in [3.05, 3.63) is 33.7 Å². The van der Waals surface area contributed by atoms with E-state index in [4.69, 9.17) is 0 Å². The Bertz CT molecular complexity index is 450. The van der Waals surface area contributed by atoms with Gasteiger partial charge in [0.1, 0.15) is 5.82 Å². The van der Waals surface area contributed by atoms with Crippen LogP contribution in [-0.4, -0.2) is 5.90 Å². The normalized spacial score (nSPS) is 20.2. The lowest BCUT2D eigenvalue weighted by molar-refractivity contribution is -0.220. The van der Waals surface area contributed by atoms with Gasteiger partial charge >= 0.3 is 0 Å². The molecule has 1 N–H and O–H groups in total. The van der Waals surface area contributed by atoms with E-state index in [0.717, 1.165) is 35.9 Å². The van der Waals surface area contributed by atoms with Crippen molar-refractivity contribution in [1.82, 2.24) is 5.32 Å². The average molecular weight is 310 g/mol. The molecule has 1 aliphatic heterocycles.